The number of likely N-dealkylation sites (tertiary alicyclic amines) is 1. The van der Waals surface area contributed by atoms with Gasteiger partial charge in [-0.2, -0.15) is 0 Å². The number of amides is 4. The lowest BCUT2D eigenvalue weighted by atomic mass is 9.85. The molecule has 4 amide bonds. The van der Waals surface area contributed by atoms with Crippen molar-refractivity contribution in [3.8, 4) is 10.4 Å². The van der Waals surface area contributed by atoms with Gasteiger partial charge in [0.15, 0.2) is 0 Å². The van der Waals surface area contributed by atoms with E-state index < -0.39 is 36.2 Å². The Balaban J connectivity index is 0.681. The first kappa shape index (κ1) is 59.5. The van der Waals surface area contributed by atoms with Gasteiger partial charge in [-0.1, -0.05) is 133 Å². The number of para-hydroxylation sites is 1. The minimum Gasteiger partial charge on any atom is -0.467 e. The van der Waals surface area contributed by atoms with Gasteiger partial charge in [-0.3, -0.25) is 24.1 Å². The van der Waals surface area contributed by atoms with Crippen LogP contribution >= 0.6 is 22.9 Å². The van der Waals surface area contributed by atoms with Gasteiger partial charge in [-0.25, -0.2) is 9.78 Å². The molecular weight excluding hydrogens is 1040 g/mol. The molecule has 2 fully saturated rings. The Morgan fingerprint density at radius 2 is 1.49 bits per heavy atom. The Kier molecular flexibility index (Phi) is 20.8. The van der Waals surface area contributed by atoms with E-state index in [0.717, 1.165) is 94.9 Å². The van der Waals surface area contributed by atoms with E-state index in [9.17, 15) is 29.1 Å². The number of H-pyrrole nitrogens is 1. The number of β-amino-alcohol motifs (C(OH)–C–C–N with tert-alkyl or cyclic N) is 1. The summed E-state index contributed by atoms with van der Waals surface area (Å²) in [6, 6.07) is 20.5. The Bertz CT molecular complexity index is 2840. The Morgan fingerprint density at radius 3 is 2.11 bits per heavy atom. The van der Waals surface area contributed by atoms with Crippen molar-refractivity contribution < 1.29 is 33.8 Å². The summed E-state index contributed by atoms with van der Waals surface area (Å²) in [4.78, 5) is 84.7. The zero-order chi connectivity index (χ0) is 56.2. The van der Waals surface area contributed by atoms with Gasteiger partial charge in [0.2, 0.25) is 17.7 Å². The Labute approximate surface area is 476 Å². The van der Waals surface area contributed by atoms with Crippen LogP contribution < -0.4 is 10.6 Å². The van der Waals surface area contributed by atoms with Gasteiger partial charge >= 0.3 is 5.97 Å². The van der Waals surface area contributed by atoms with Crippen LogP contribution in [0.5, 0.6) is 0 Å². The van der Waals surface area contributed by atoms with Crippen molar-refractivity contribution in [1.82, 2.24) is 40.2 Å². The van der Waals surface area contributed by atoms with Gasteiger partial charge in [0.25, 0.3) is 5.91 Å². The monoisotopic (exact) mass is 1120 g/mol. The molecule has 15 nitrogen and oxygen atoms in total. The minimum atomic E-state index is -0.848. The molecule has 0 radical (unpaired) electrons. The lowest BCUT2D eigenvalue weighted by Gasteiger charge is -2.40. The fourth-order valence-corrected chi connectivity index (χ4v) is 12.9. The van der Waals surface area contributed by atoms with Crippen LogP contribution in [0.3, 0.4) is 0 Å². The molecule has 426 valence electrons. The first-order valence-corrected chi connectivity index (χ1v) is 30.2. The standard InChI is InChI=1S/C62H83ClN8O7S/c1-41(43-22-26-45(27-23-43)56-42(2)65-40-79-56)66-58(74)51-36-47(72)39-70(51)60(76)57(62(3,4)5)64-30-18-14-12-10-8-7-9-11-13-15-19-31-68-32-34-69(35-33-68)59(75)46-28-24-44(25-29-46)55-54-49(48-20-16-17-21-50(48)67-54)37-52(61(77)78-6)71(55)53(73)38-63/h16-17,20-29,40-41,47,51-52,55,57,64,67,72H,7-15,18-19,30-39H2,1-6H3,(H,66,74). The first-order chi connectivity index (χ1) is 38.1. The van der Waals surface area contributed by atoms with Crippen molar-refractivity contribution in [2.45, 2.75) is 154 Å². The van der Waals surface area contributed by atoms with Gasteiger partial charge in [-0.05, 0) is 85.6 Å². The molecule has 17 heteroatoms. The molecule has 8 rings (SSSR count). The second-order valence-electron chi connectivity index (χ2n) is 23.1. The number of alkyl halides is 1. The van der Waals surface area contributed by atoms with E-state index in [1.54, 1.807) is 16.2 Å². The molecule has 0 aliphatic carbocycles. The summed E-state index contributed by atoms with van der Waals surface area (Å²) < 4.78 is 5.18. The fourth-order valence-electron chi connectivity index (χ4n) is 11.9. The number of ether oxygens (including phenoxy) is 1. The molecule has 3 aliphatic heterocycles. The van der Waals surface area contributed by atoms with E-state index in [2.05, 4.69) is 37.6 Å². The minimum absolute atomic E-state index is 0.0110. The highest BCUT2D eigenvalue weighted by atomic mass is 35.5. The molecular formula is C62H83ClN8O7S. The molecule has 6 unspecified atom stereocenters. The molecule has 5 aromatic rings. The number of nitrogens with one attached hydrogen (secondary N) is 3. The van der Waals surface area contributed by atoms with Crippen LogP contribution in [0, 0.1) is 12.3 Å². The van der Waals surface area contributed by atoms with Crippen molar-refractivity contribution in [1.29, 1.82) is 0 Å². The number of thiazole rings is 1. The maximum atomic E-state index is 14.1. The lowest BCUT2D eigenvalue weighted by molar-refractivity contribution is -0.154. The third-order valence-electron chi connectivity index (χ3n) is 16.4. The fraction of sp³-hybridized carbons (Fsp3) is 0.548. The Morgan fingerprint density at radius 1 is 0.848 bits per heavy atom. The number of fused-ring (bicyclic) bond motifs is 3. The summed E-state index contributed by atoms with van der Waals surface area (Å²) in [7, 11) is 1.33. The zero-order valence-electron chi connectivity index (χ0n) is 47.2. The predicted octanol–water partition coefficient (Wildman–Crippen LogP) is 9.75. The van der Waals surface area contributed by atoms with Gasteiger partial charge in [0, 0.05) is 67.7 Å². The number of aromatic amines is 1. The largest absolute Gasteiger partial charge is 0.467 e. The van der Waals surface area contributed by atoms with Crippen LogP contribution in [0.1, 0.15) is 155 Å². The molecule has 5 heterocycles. The highest BCUT2D eigenvalue weighted by molar-refractivity contribution is 7.13. The molecule has 3 aromatic carbocycles. The first-order valence-electron chi connectivity index (χ1n) is 28.8. The third-order valence-corrected chi connectivity index (χ3v) is 17.6. The van der Waals surface area contributed by atoms with Crippen LogP contribution in [0.15, 0.2) is 78.3 Å². The van der Waals surface area contributed by atoms with E-state index >= 15 is 0 Å². The molecule has 4 N–H and O–H groups in total. The molecule has 0 bridgehead atoms. The highest BCUT2D eigenvalue weighted by Gasteiger charge is 2.45. The Hall–Kier alpha value is -5.65. The summed E-state index contributed by atoms with van der Waals surface area (Å²) >= 11 is 7.74. The number of halogens is 1. The molecule has 3 aliphatic rings. The third kappa shape index (κ3) is 14.6. The number of carbonyl (C=O) groups is 5. The summed E-state index contributed by atoms with van der Waals surface area (Å²) in [5, 5.41) is 18.4. The van der Waals surface area contributed by atoms with E-state index in [-0.39, 0.29) is 53.9 Å². The highest BCUT2D eigenvalue weighted by Crippen LogP contribution is 2.42. The summed E-state index contributed by atoms with van der Waals surface area (Å²) in [5.74, 6) is -1.55. The number of benzene rings is 3. The van der Waals surface area contributed by atoms with E-state index in [1.165, 1.54) is 63.4 Å². The van der Waals surface area contributed by atoms with E-state index in [1.807, 2.05) is 106 Å². The van der Waals surface area contributed by atoms with Crippen molar-refractivity contribution in [3.05, 3.63) is 112 Å². The number of hydrogen-bond donors (Lipinski definition) is 4. The topological polar surface area (TPSA) is 181 Å². The molecule has 2 aromatic heterocycles. The number of esters is 1. The van der Waals surface area contributed by atoms with Crippen molar-refractivity contribution in [2.24, 2.45) is 5.41 Å². The summed E-state index contributed by atoms with van der Waals surface area (Å²) in [5.41, 5.74) is 8.59. The maximum Gasteiger partial charge on any atom is 0.328 e. The molecule has 6 atom stereocenters. The van der Waals surface area contributed by atoms with Crippen LogP contribution in [0.2, 0.25) is 0 Å². The molecule has 0 spiro atoms. The lowest BCUT2D eigenvalue weighted by Crippen LogP contribution is -2.56. The van der Waals surface area contributed by atoms with Gasteiger partial charge < -0.3 is 40.2 Å². The van der Waals surface area contributed by atoms with Gasteiger partial charge in [0.1, 0.15) is 18.0 Å². The number of unbranched alkanes of at least 4 members (excludes halogenated alkanes) is 10. The number of aryl methyl sites for hydroxylation is 1. The number of carbonyl (C=O) groups excluding carboxylic acids is 5. The van der Waals surface area contributed by atoms with Crippen molar-refractivity contribution >= 4 is 63.4 Å². The van der Waals surface area contributed by atoms with Gasteiger partial charge in [0.05, 0.1) is 47.4 Å². The maximum absolute atomic E-state index is 14.1. The smallest absolute Gasteiger partial charge is 0.328 e. The van der Waals surface area contributed by atoms with Crippen LogP contribution in [-0.4, -0.2) is 147 Å². The summed E-state index contributed by atoms with van der Waals surface area (Å²) in [6.07, 6.45) is 12.8. The zero-order valence-corrected chi connectivity index (χ0v) is 48.8. The van der Waals surface area contributed by atoms with E-state index in [0.29, 0.717) is 25.1 Å². The predicted molar refractivity (Wildman–Crippen MR) is 313 cm³/mol. The normalized spacial score (nSPS) is 19.6. The number of nitrogens with zero attached hydrogens (tertiary/aromatic N) is 5. The number of rotatable bonds is 24. The molecule has 2 saturated heterocycles. The summed E-state index contributed by atoms with van der Waals surface area (Å²) in [6.45, 7) is 15.0. The second-order valence-corrected chi connectivity index (χ2v) is 24.2. The van der Waals surface area contributed by atoms with E-state index in [4.69, 9.17) is 16.3 Å². The number of piperazine rings is 1. The van der Waals surface area contributed by atoms with Gasteiger partial charge in [-0.15, -0.1) is 22.9 Å². The molecule has 0 saturated carbocycles. The van der Waals surface area contributed by atoms with Crippen molar-refractivity contribution in [3.63, 3.8) is 0 Å². The number of hydrogen-bond acceptors (Lipinski definition) is 11. The van der Waals surface area contributed by atoms with Crippen LogP contribution in [0.25, 0.3) is 21.3 Å². The number of aliphatic hydroxyl groups is 1. The quantitative estimate of drug-likeness (QED) is 0.0264. The van der Waals surface area contributed by atoms with Crippen LogP contribution in [0.4, 0.5) is 0 Å². The number of aliphatic hydroxyl groups excluding tert-OH is 1. The SMILES string of the molecule is COC(=O)C1Cc2c([nH]c3ccccc23)C(c2ccc(C(=O)N3CCN(CCCCCCCCCCCCCNC(C(=O)N4CC(O)CC4C(=O)NC(C)c4ccc(-c5scnc5C)cc4)C(C)(C)C)CC3)cc2)N1C(=O)CCl. The number of aromatic nitrogens is 2. The molecule has 79 heavy (non-hydrogen) atoms. The van der Waals surface area contributed by atoms with Crippen molar-refractivity contribution in [2.75, 3.05) is 58.8 Å². The average Bonchev–Trinajstić information content (AvgIpc) is 4.29. The van der Waals surface area contributed by atoms with Crippen LogP contribution in [-0.2, 0) is 30.3 Å². The average molecular weight is 1120 g/mol. The second kappa shape index (κ2) is 27.7. The number of methoxy groups -OCH3 is 1.